The minimum atomic E-state index is -4.25. The Morgan fingerprint density at radius 3 is 1.90 bits per heavy atom. The minimum absolute atomic E-state index is 0.119. The van der Waals surface area contributed by atoms with Crippen LogP contribution < -0.4 is 9.62 Å². The smallest absolute Gasteiger partial charge is 0.264 e. The monoisotopic (exact) mass is 567 g/mol. The number of benzene rings is 3. The van der Waals surface area contributed by atoms with Crippen LogP contribution in [-0.4, -0.2) is 43.3 Å². The Labute approximate surface area is 237 Å². The molecule has 0 aromatic heterocycles. The fourth-order valence-corrected chi connectivity index (χ4v) is 5.65. The van der Waals surface area contributed by atoms with Crippen molar-refractivity contribution in [1.82, 2.24) is 10.2 Å². The van der Waals surface area contributed by atoms with Crippen molar-refractivity contribution >= 4 is 27.5 Å². The first kappa shape index (κ1) is 30.8. The van der Waals surface area contributed by atoms with Crippen LogP contribution in [-0.2, 0) is 26.2 Å². The Hall–Kier alpha value is -3.72. The lowest BCUT2D eigenvalue weighted by Crippen LogP contribution is -2.55. The lowest BCUT2D eigenvalue weighted by atomic mass is 10.1. The number of halogens is 1. The van der Waals surface area contributed by atoms with E-state index in [1.165, 1.54) is 17.0 Å². The van der Waals surface area contributed by atoms with Crippen molar-refractivity contribution in [3.05, 3.63) is 95.3 Å². The standard InChI is InChI=1S/C31H38FN3O4S/c1-7-28(30(37)33-31(4,5)6)34(20-24-12-8-22(2)9-13-24)29(36)21-35(26-16-10-23(3)11-17-26)40(38,39)27-18-14-25(32)15-19-27/h8-19,28H,7,20-21H2,1-6H3,(H,33,37)/t28-/m0/s1. The van der Waals surface area contributed by atoms with E-state index in [4.69, 9.17) is 0 Å². The third-order valence-corrected chi connectivity index (χ3v) is 8.15. The summed E-state index contributed by atoms with van der Waals surface area (Å²) >= 11 is 0. The Morgan fingerprint density at radius 1 is 0.875 bits per heavy atom. The molecule has 214 valence electrons. The van der Waals surface area contributed by atoms with Crippen molar-refractivity contribution < 1.29 is 22.4 Å². The molecule has 0 heterocycles. The topological polar surface area (TPSA) is 86.8 Å². The van der Waals surface area contributed by atoms with Gasteiger partial charge in [0.25, 0.3) is 10.0 Å². The van der Waals surface area contributed by atoms with Crippen molar-refractivity contribution in [2.75, 3.05) is 10.8 Å². The first-order valence-corrected chi connectivity index (χ1v) is 14.7. The van der Waals surface area contributed by atoms with Crippen molar-refractivity contribution in [3.63, 3.8) is 0 Å². The molecule has 2 amide bonds. The van der Waals surface area contributed by atoms with Crippen LogP contribution in [0.1, 0.15) is 50.8 Å². The van der Waals surface area contributed by atoms with E-state index in [0.717, 1.165) is 33.1 Å². The number of carbonyl (C=O) groups is 2. The van der Waals surface area contributed by atoms with Crippen LogP contribution in [0.3, 0.4) is 0 Å². The average molecular weight is 568 g/mol. The van der Waals surface area contributed by atoms with Crippen LogP contribution in [0.25, 0.3) is 0 Å². The molecule has 0 spiro atoms. The third kappa shape index (κ3) is 7.91. The molecule has 0 saturated heterocycles. The average Bonchev–Trinajstić information content (AvgIpc) is 2.88. The van der Waals surface area contributed by atoms with Crippen LogP contribution in [0, 0.1) is 19.7 Å². The highest BCUT2D eigenvalue weighted by atomic mass is 32.2. The molecule has 3 aromatic rings. The largest absolute Gasteiger partial charge is 0.350 e. The van der Waals surface area contributed by atoms with Gasteiger partial charge < -0.3 is 10.2 Å². The second-order valence-electron chi connectivity index (χ2n) is 11.0. The van der Waals surface area contributed by atoms with E-state index in [-0.39, 0.29) is 23.0 Å². The van der Waals surface area contributed by atoms with Gasteiger partial charge in [-0.1, -0.05) is 54.4 Å². The molecule has 0 aliphatic rings. The molecule has 3 rings (SSSR count). The van der Waals surface area contributed by atoms with Gasteiger partial charge in [0.2, 0.25) is 11.8 Å². The molecular weight excluding hydrogens is 529 g/mol. The van der Waals surface area contributed by atoms with Gasteiger partial charge in [0.15, 0.2) is 0 Å². The van der Waals surface area contributed by atoms with Gasteiger partial charge in [-0.05, 0) is 83.0 Å². The van der Waals surface area contributed by atoms with Gasteiger partial charge in [0, 0.05) is 12.1 Å². The number of nitrogens with one attached hydrogen (secondary N) is 1. The van der Waals surface area contributed by atoms with Crippen LogP contribution in [0.4, 0.5) is 10.1 Å². The minimum Gasteiger partial charge on any atom is -0.350 e. The number of hydrogen-bond acceptors (Lipinski definition) is 4. The molecule has 0 bridgehead atoms. The molecular formula is C31H38FN3O4S. The number of carbonyl (C=O) groups excluding carboxylic acids is 2. The number of sulfonamides is 1. The van der Waals surface area contributed by atoms with Crippen molar-refractivity contribution in [2.24, 2.45) is 0 Å². The highest BCUT2D eigenvalue weighted by molar-refractivity contribution is 7.92. The summed E-state index contributed by atoms with van der Waals surface area (Å²) in [6.07, 6.45) is 0.328. The maximum Gasteiger partial charge on any atom is 0.264 e. The van der Waals surface area contributed by atoms with E-state index < -0.39 is 39.9 Å². The maximum absolute atomic E-state index is 14.0. The number of anilines is 1. The molecule has 1 N–H and O–H groups in total. The van der Waals surface area contributed by atoms with Gasteiger partial charge in [0.05, 0.1) is 10.6 Å². The Kier molecular flexibility index (Phi) is 9.73. The zero-order valence-electron chi connectivity index (χ0n) is 23.9. The molecule has 0 radical (unpaired) electrons. The van der Waals surface area contributed by atoms with Gasteiger partial charge in [0.1, 0.15) is 18.4 Å². The molecule has 0 aliphatic carbocycles. The summed E-state index contributed by atoms with van der Waals surface area (Å²) in [5.41, 5.74) is 2.54. The zero-order valence-corrected chi connectivity index (χ0v) is 24.8. The molecule has 1 atom stereocenters. The number of rotatable bonds is 10. The first-order valence-electron chi connectivity index (χ1n) is 13.2. The lowest BCUT2D eigenvalue weighted by Gasteiger charge is -2.34. The molecule has 7 nitrogen and oxygen atoms in total. The van der Waals surface area contributed by atoms with Gasteiger partial charge in [-0.3, -0.25) is 13.9 Å². The molecule has 40 heavy (non-hydrogen) atoms. The molecule has 0 fully saturated rings. The Bertz CT molecular complexity index is 1420. The highest BCUT2D eigenvalue weighted by Gasteiger charge is 2.34. The molecule has 0 saturated carbocycles. The van der Waals surface area contributed by atoms with Crippen LogP contribution in [0.2, 0.25) is 0 Å². The van der Waals surface area contributed by atoms with Gasteiger partial charge in [-0.15, -0.1) is 0 Å². The van der Waals surface area contributed by atoms with E-state index in [0.29, 0.717) is 6.42 Å². The Balaban J connectivity index is 2.06. The highest BCUT2D eigenvalue weighted by Crippen LogP contribution is 2.25. The lowest BCUT2D eigenvalue weighted by molar-refractivity contribution is -0.141. The predicted octanol–water partition coefficient (Wildman–Crippen LogP) is 5.36. The normalized spacial score (nSPS) is 12.5. The number of nitrogens with zero attached hydrogens (tertiary/aromatic N) is 2. The fraction of sp³-hybridized carbons (Fsp3) is 0.355. The SMILES string of the molecule is CC[C@@H](C(=O)NC(C)(C)C)N(Cc1ccc(C)cc1)C(=O)CN(c1ccc(C)cc1)S(=O)(=O)c1ccc(F)cc1. The van der Waals surface area contributed by atoms with E-state index in [2.05, 4.69) is 5.32 Å². The summed E-state index contributed by atoms with van der Waals surface area (Å²) < 4.78 is 42.2. The molecule has 3 aromatic carbocycles. The van der Waals surface area contributed by atoms with Crippen molar-refractivity contribution in [3.8, 4) is 0 Å². The van der Waals surface area contributed by atoms with Gasteiger partial charge >= 0.3 is 0 Å². The molecule has 0 unspecified atom stereocenters. The quantitative estimate of drug-likeness (QED) is 0.357. The number of hydrogen-bond donors (Lipinski definition) is 1. The van der Waals surface area contributed by atoms with E-state index in [9.17, 15) is 22.4 Å². The summed E-state index contributed by atoms with van der Waals surface area (Å²) in [6.45, 7) is 10.8. The number of aryl methyl sites for hydroxylation is 2. The molecule has 0 aliphatic heterocycles. The van der Waals surface area contributed by atoms with E-state index in [1.807, 2.05) is 65.8 Å². The fourth-order valence-electron chi connectivity index (χ4n) is 4.24. The summed E-state index contributed by atoms with van der Waals surface area (Å²) in [4.78, 5) is 28.7. The van der Waals surface area contributed by atoms with Gasteiger partial charge in [-0.25, -0.2) is 12.8 Å². The van der Waals surface area contributed by atoms with Gasteiger partial charge in [-0.2, -0.15) is 0 Å². The van der Waals surface area contributed by atoms with Crippen molar-refractivity contribution in [2.45, 2.75) is 71.0 Å². The zero-order chi connectivity index (χ0) is 29.7. The second-order valence-corrected chi connectivity index (χ2v) is 12.8. The third-order valence-electron chi connectivity index (χ3n) is 6.36. The van der Waals surface area contributed by atoms with Crippen molar-refractivity contribution in [1.29, 1.82) is 0 Å². The van der Waals surface area contributed by atoms with Crippen LogP contribution >= 0.6 is 0 Å². The summed E-state index contributed by atoms with van der Waals surface area (Å²) in [7, 11) is -4.25. The summed E-state index contributed by atoms with van der Waals surface area (Å²) in [5, 5.41) is 2.95. The predicted molar refractivity (Wildman–Crippen MR) is 156 cm³/mol. The van der Waals surface area contributed by atoms with E-state index in [1.54, 1.807) is 24.3 Å². The Morgan fingerprint density at radius 2 is 1.40 bits per heavy atom. The molecule has 9 heteroatoms. The summed E-state index contributed by atoms with van der Waals surface area (Å²) in [5.74, 6) is -1.43. The maximum atomic E-state index is 14.0. The van der Waals surface area contributed by atoms with E-state index >= 15 is 0 Å². The second kappa shape index (κ2) is 12.6. The number of amides is 2. The first-order chi connectivity index (χ1) is 18.7. The van der Waals surface area contributed by atoms with Crippen LogP contribution in [0.15, 0.2) is 77.7 Å². The van der Waals surface area contributed by atoms with Crippen LogP contribution in [0.5, 0.6) is 0 Å². The summed E-state index contributed by atoms with van der Waals surface area (Å²) in [6, 6.07) is 18.0.